The van der Waals surface area contributed by atoms with Crippen molar-refractivity contribution in [3.63, 3.8) is 0 Å². The number of rotatable bonds is 2. The molecule has 0 radical (unpaired) electrons. The van der Waals surface area contributed by atoms with E-state index < -0.39 is 6.10 Å². The van der Waals surface area contributed by atoms with Crippen LogP contribution in [0.1, 0.15) is 6.92 Å². The number of hydrogen-bond acceptors (Lipinski definition) is 3. The Bertz CT molecular complexity index is 205. The number of nitrogens with zero attached hydrogens (tertiary/aromatic N) is 1. The molecule has 68 valence electrons. The average molecular weight is 172 g/mol. The van der Waals surface area contributed by atoms with E-state index in [0.717, 1.165) is 4.90 Å². The highest BCUT2D eigenvalue weighted by atomic mass is 16.5. The van der Waals surface area contributed by atoms with Gasteiger partial charge in [0.1, 0.15) is 0 Å². The van der Waals surface area contributed by atoms with Crippen molar-refractivity contribution in [1.82, 2.24) is 10.2 Å². The average Bonchev–Trinajstić information content (AvgIpc) is 2.06. The van der Waals surface area contributed by atoms with Crippen molar-refractivity contribution in [2.24, 2.45) is 0 Å². The molecule has 1 saturated heterocycles. The lowest BCUT2D eigenvalue weighted by Gasteiger charge is -2.29. The first-order valence-electron chi connectivity index (χ1n) is 3.82. The number of likely N-dealkylation sites (N-methyl/N-ethyl adjacent to an activating group) is 1. The summed E-state index contributed by atoms with van der Waals surface area (Å²) in [5.74, 6) is -0.260. The molecule has 1 atom stereocenters. The largest absolute Gasteiger partial charge is 0.370 e. The maximum atomic E-state index is 11.3. The second-order valence-electron chi connectivity index (χ2n) is 2.49. The molecule has 0 aliphatic carbocycles. The number of carbonyl (C=O) groups is 2. The normalized spacial score (nSPS) is 24.2. The van der Waals surface area contributed by atoms with Gasteiger partial charge in [0, 0.05) is 13.7 Å². The molecule has 1 aliphatic rings. The summed E-state index contributed by atoms with van der Waals surface area (Å²) in [5, 5.41) is 2.56. The van der Waals surface area contributed by atoms with Crippen LogP contribution in [-0.2, 0) is 9.53 Å². The van der Waals surface area contributed by atoms with Crippen LogP contribution in [0.25, 0.3) is 0 Å². The minimum absolute atomic E-state index is 0.260. The van der Waals surface area contributed by atoms with E-state index in [1.54, 1.807) is 6.92 Å². The van der Waals surface area contributed by atoms with E-state index in [4.69, 9.17) is 4.74 Å². The Morgan fingerprint density at radius 3 is 2.83 bits per heavy atom. The molecule has 0 aromatic carbocycles. The number of amides is 3. The Balaban J connectivity index is 2.70. The summed E-state index contributed by atoms with van der Waals surface area (Å²) >= 11 is 0. The van der Waals surface area contributed by atoms with Crippen LogP contribution < -0.4 is 5.32 Å². The molecule has 5 heteroatoms. The summed E-state index contributed by atoms with van der Waals surface area (Å²) in [6.45, 7) is 2.39. The van der Waals surface area contributed by atoms with Crippen molar-refractivity contribution >= 4 is 11.9 Å². The van der Waals surface area contributed by atoms with Crippen molar-refractivity contribution < 1.29 is 14.3 Å². The number of methoxy groups -OCH3 is 1. The zero-order valence-electron chi connectivity index (χ0n) is 7.16. The zero-order valence-corrected chi connectivity index (χ0v) is 7.16. The van der Waals surface area contributed by atoms with Crippen LogP contribution in [-0.4, -0.2) is 43.1 Å². The molecule has 0 bridgehead atoms. The summed E-state index contributed by atoms with van der Waals surface area (Å²) in [5.41, 5.74) is 0. The summed E-state index contributed by atoms with van der Waals surface area (Å²) in [6, 6.07) is -0.337. The fourth-order valence-electron chi connectivity index (χ4n) is 1.12. The van der Waals surface area contributed by atoms with Crippen LogP contribution in [0, 0.1) is 0 Å². The van der Waals surface area contributed by atoms with Gasteiger partial charge in [0.25, 0.3) is 5.91 Å². The third-order valence-electron chi connectivity index (χ3n) is 1.83. The SMILES string of the molecule is CCN1C(=O)NCC(OC)C1=O. The highest BCUT2D eigenvalue weighted by Crippen LogP contribution is 2.04. The first-order chi connectivity index (χ1) is 5.70. The molecule has 1 rings (SSSR count). The Labute approximate surface area is 70.7 Å². The summed E-state index contributed by atoms with van der Waals surface area (Å²) in [4.78, 5) is 23.5. The summed E-state index contributed by atoms with van der Waals surface area (Å²) in [7, 11) is 1.45. The zero-order chi connectivity index (χ0) is 9.14. The highest BCUT2D eigenvalue weighted by molar-refractivity contribution is 5.99. The van der Waals surface area contributed by atoms with Gasteiger partial charge in [-0.2, -0.15) is 0 Å². The first kappa shape index (κ1) is 8.99. The topological polar surface area (TPSA) is 58.6 Å². The van der Waals surface area contributed by atoms with Crippen molar-refractivity contribution in [3.05, 3.63) is 0 Å². The van der Waals surface area contributed by atoms with Gasteiger partial charge in [-0.05, 0) is 6.92 Å². The van der Waals surface area contributed by atoms with Crippen molar-refractivity contribution in [3.8, 4) is 0 Å². The van der Waals surface area contributed by atoms with Crippen LogP contribution in [0.15, 0.2) is 0 Å². The van der Waals surface area contributed by atoms with Gasteiger partial charge in [0.05, 0.1) is 6.54 Å². The van der Waals surface area contributed by atoms with E-state index in [1.165, 1.54) is 7.11 Å². The second kappa shape index (κ2) is 3.53. The van der Waals surface area contributed by atoms with E-state index in [2.05, 4.69) is 5.32 Å². The van der Waals surface area contributed by atoms with Gasteiger partial charge in [0.2, 0.25) is 0 Å². The molecule has 3 amide bonds. The first-order valence-corrected chi connectivity index (χ1v) is 3.82. The van der Waals surface area contributed by atoms with Crippen LogP contribution >= 0.6 is 0 Å². The molecule has 5 nitrogen and oxygen atoms in total. The monoisotopic (exact) mass is 172 g/mol. The van der Waals surface area contributed by atoms with Crippen molar-refractivity contribution in [2.45, 2.75) is 13.0 Å². The molecule has 1 aliphatic heterocycles. The van der Waals surface area contributed by atoms with Crippen LogP contribution in [0.2, 0.25) is 0 Å². The maximum Gasteiger partial charge on any atom is 0.324 e. The molecule has 0 saturated carbocycles. The van der Waals surface area contributed by atoms with E-state index in [1.807, 2.05) is 0 Å². The predicted molar refractivity (Wildman–Crippen MR) is 41.6 cm³/mol. The smallest absolute Gasteiger partial charge is 0.324 e. The van der Waals surface area contributed by atoms with Gasteiger partial charge in [-0.25, -0.2) is 4.79 Å². The molecule has 0 aromatic heterocycles. The molecule has 12 heavy (non-hydrogen) atoms. The lowest BCUT2D eigenvalue weighted by molar-refractivity contribution is -0.140. The molecule has 0 aromatic rings. The Morgan fingerprint density at radius 2 is 2.33 bits per heavy atom. The Kier molecular flexibility index (Phi) is 2.65. The molecule has 0 spiro atoms. The quantitative estimate of drug-likeness (QED) is 0.615. The van der Waals surface area contributed by atoms with Gasteiger partial charge >= 0.3 is 6.03 Å². The number of urea groups is 1. The lowest BCUT2D eigenvalue weighted by Crippen LogP contribution is -2.57. The number of imide groups is 1. The van der Waals surface area contributed by atoms with Gasteiger partial charge in [-0.15, -0.1) is 0 Å². The van der Waals surface area contributed by atoms with Crippen LogP contribution in [0.4, 0.5) is 4.79 Å². The fraction of sp³-hybridized carbons (Fsp3) is 0.714. The lowest BCUT2D eigenvalue weighted by atomic mass is 10.2. The molecular formula is C7H12N2O3. The number of ether oxygens (including phenoxy) is 1. The Morgan fingerprint density at radius 1 is 1.67 bits per heavy atom. The molecule has 1 heterocycles. The number of carbonyl (C=O) groups excluding carboxylic acids is 2. The van der Waals surface area contributed by atoms with Gasteiger partial charge in [-0.1, -0.05) is 0 Å². The Hall–Kier alpha value is -1.10. The minimum atomic E-state index is -0.525. The summed E-state index contributed by atoms with van der Waals surface area (Å²) in [6.07, 6.45) is -0.525. The van der Waals surface area contributed by atoms with Crippen LogP contribution in [0.3, 0.4) is 0 Å². The van der Waals surface area contributed by atoms with Crippen molar-refractivity contribution in [2.75, 3.05) is 20.2 Å². The minimum Gasteiger partial charge on any atom is -0.370 e. The second-order valence-corrected chi connectivity index (χ2v) is 2.49. The molecule has 1 unspecified atom stereocenters. The standard InChI is InChI=1S/C7H12N2O3/c1-3-9-6(10)5(12-2)4-8-7(9)11/h5H,3-4H2,1-2H3,(H,8,11). The summed E-state index contributed by atoms with van der Waals surface area (Å²) < 4.78 is 4.88. The number of hydrogen-bond donors (Lipinski definition) is 1. The van der Waals surface area contributed by atoms with E-state index in [-0.39, 0.29) is 18.5 Å². The van der Waals surface area contributed by atoms with Crippen molar-refractivity contribution in [1.29, 1.82) is 0 Å². The third kappa shape index (κ3) is 1.40. The van der Waals surface area contributed by atoms with E-state index in [9.17, 15) is 9.59 Å². The third-order valence-corrected chi connectivity index (χ3v) is 1.83. The van der Waals surface area contributed by atoms with Gasteiger partial charge in [0.15, 0.2) is 6.10 Å². The number of nitrogens with one attached hydrogen (secondary N) is 1. The molecule has 1 N–H and O–H groups in total. The fourth-order valence-corrected chi connectivity index (χ4v) is 1.12. The van der Waals surface area contributed by atoms with E-state index in [0.29, 0.717) is 6.54 Å². The van der Waals surface area contributed by atoms with Gasteiger partial charge < -0.3 is 10.1 Å². The highest BCUT2D eigenvalue weighted by Gasteiger charge is 2.32. The van der Waals surface area contributed by atoms with E-state index >= 15 is 0 Å². The maximum absolute atomic E-state index is 11.3. The van der Waals surface area contributed by atoms with Gasteiger partial charge in [-0.3, -0.25) is 9.69 Å². The molecule has 1 fully saturated rings. The molecular weight excluding hydrogens is 160 g/mol. The van der Waals surface area contributed by atoms with Crippen LogP contribution in [0.5, 0.6) is 0 Å². The predicted octanol–water partition coefficient (Wildman–Crippen LogP) is -0.427.